The Hall–Kier alpha value is -2.93. The number of phenols is 1. The molecule has 0 saturated carbocycles. The number of benzene rings is 2. The maximum Gasteiger partial charge on any atom is 0.342 e. The summed E-state index contributed by atoms with van der Waals surface area (Å²) < 4.78 is 14.8. The number of amides is 1. The number of hydrogen-bond donors (Lipinski definition) is 2. The Labute approximate surface area is 149 Å². The van der Waals surface area contributed by atoms with Gasteiger partial charge in [-0.05, 0) is 30.3 Å². The van der Waals surface area contributed by atoms with Gasteiger partial charge in [-0.25, -0.2) is 4.79 Å². The Morgan fingerprint density at radius 3 is 2.48 bits per heavy atom. The fourth-order valence-corrected chi connectivity index (χ4v) is 2.26. The van der Waals surface area contributed by atoms with Crippen LogP contribution in [-0.4, -0.2) is 37.8 Å². The Kier molecular flexibility index (Phi) is 6.08. The van der Waals surface area contributed by atoms with Crippen molar-refractivity contribution in [1.82, 2.24) is 0 Å². The van der Waals surface area contributed by atoms with Crippen LogP contribution in [0.1, 0.15) is 10.4 Å². The number of hydrogen-bond acceptors (Lipinski definition) is 6. The molecular formula is C17H16ClNO6. The van der Waals surface area contributed by atoms with Gasteiger partial charge in [0.2, 0.25) is 0 Å². The van der Waals surface area contributed by atoms with Crippen molar-refractivity contribution in [2.45, 2.75) is 0 Å². The van der Waals surface area contributed by atoms with Gasteiger partial charge in [0, 0.05) is 5.69 Å². The number of phenolic OH excluding ortho intramolecular Hbond substituents is 1. The number of carbonyl (C=O) groups is 2. The highest BCUT2D eigenvalue weighted by Gasteiger charge is 2.17. The van der Waals surface area contributed by atoms with E-state index in [0.29, 0.717) is 16.5 Å². The average Bonchev–Trinajstić information content (AvgIpc) is 2.60. The lowest BCUT2D eigenvalue weighted by atomic mass is 10.2. The zero-order chi connectivity index (χ0) is 18.4. The van der Waals surface area contributed by atoms with Crippen LogP contribution in [0.15, 0.2) is 36.4 Å². The Morgan fingerprint density at radius 2 is 1.84 bits per heavy atom. The van der Waals surface area contributed by atoms with Crippen molar-refractivity contribution < 1.29 is 28.9 Å². The largest absolute Gasteiger partial charge is 0.504 e. The van der Waals surface area contributed by atoms with Crippen LogP contribution in [0.5, 0.6) is 17.2 Å². The zero-order valence-corrected chi connectivity index (χ0v) is 14.3. The second-order valence-electron chi connectivity index (χ2n) is 4.83. The van der Waals surface area contributed by atoms with E-state index in [0.717, 1.165) is 0 Å². The quantitative estimate of drug-likeness (QED) is 0.764. The number of aromatic hydroxyl groups is 1. The first-order valence-electron chi connectivity index (χ1n) is 7.12. The molecule has 0 aliphatic carbocycles. The summed E-state index contributed by atoms with van der Waals surface area (Å²) in [5.74, 6) is -1.15. The average molecular weight is 366 g/mol. The fourth-order valence-electron chi connectivity index (χ4n) is 2.00. The molecule has 2 N–H and O–H groups in total. The molecule has 0 unspecified atom stereocenters. The molecule has 0 spiro atoms. The highest BCUT2D eigenvalue weighted by molar-refractivity contribution is 6.32. The van der Waals surface area contributed by atoms with E-state index in [1.807, 2.05) is 0 Å². The van der Waals surface area contributed by atoms with Crippen LogP contribution in [0, 0.1) is 0 Å². The number of carbonyl (C=O) groups excluding carboxylic acids is 2. The van der Waals surface area contributed by atoms with Crippen LogP contribution < -0.4 is 14.8 Å². The van der Waals surface area contributed by atoms with Gasteiger partial charge in [0.05, 0.1) is 19.2 Å². The van der Waals surface area contributed by atoms with Crippen LogP contribution >= 0.6 is 11.6 Å². The number of anilines is 1. The normalized spacial score (nSPS) is 10.0. The summed E-state index contributed by atoms with van der Waals surface area (Å²) in [6, 6.07) is 9.08. The van der Waals surface area contributed by atoms with Crippen LogP contribution in [0.2, 0.25) is 5.02 Å². The van der Waals surface area contributed by atoms with E-state index in [9.17, 15) is 14.7 Å². The minimum atomic E-state index is -0.848. The summed E-state index contributed by atoms with van der Waals surface area (Å²) in [6.45, 7) is -0.529. The first-order valence-corrected chi connectivity index (χ1v) is 7.50. The first-order chi connectivity index (χ1) is 12.0. The zero-order valence-electron chi connectivity index (χ0n) is 13.5. The molecule has 0 bridgehead atoms. The number of rotatable bonds is 6. The number of esters is 1. The van der Waals surface area contributed by atoms with E-state index >= 15 is 0 Å². The summed E-state index contributed by atoms with van der Waals surface area (Å²) in [5, 5.41) is 12.8. The molecule has 8 heteroatoms. The molecule has 0 atom stereocenters. The number of para-hydroxylation sites is 1. The van der Waals surface area contributed by atoms with Crippen molar-refractivity contribution in [2.75, 3.05) is 26.1 Å². The lowest BCUT2D eigenvalue weighted by Gasteiger charge is -2.10. The molecular weight excluding hydrogens is 350 g/mol. The number of ether oxygens (including phenoxy) is 3. The molecule has 25 heavy (non-hydrogen) atoms. The molecule has 2 aromatic carbocycles. The minimum Gasteiger partial charge on any atom is -0.504 e. The molecule has 7 nitrogen and oxygen atoms in total. The lowest BCUT2D eigenvalue weighted by Crippen LogP contribution is -2.21. The molecule has 0 aliphatic heterocycles. The standard InChI is InChI=1S/C17H16ClNO6/c1-23-13-7-6-10(8-12(13)18)19-15(20)9-25-17(22)11-4-3-5-14(24-2)16(11)21/h3-8,21H,9H2,1-2H3,(H,19,20). The van der Waals surface area contributed by atoms with E-state index < -0.39 is 18.5 Å². The van der Waals surface area contributed by atoms with E-state index in [1.165, 1.54) is 38.5 Å². The Morgan fingerprint density at radius 1 is 1.12 bits per heavy atom. The summed E-state index contributed by atoms with van der Waals surface area (Å²) in [4.78, 5) is 23.8. The van der Waals surface area contributed by atoms with Crippen LogP contribution in [0.3, 0.4) is 0 Å². The SMILES string of the molecule is COc1ccc(NC(=O)COC(=O)c2cccc(OC)c2O)cc1Cl. The van der Waals surface area contributed by atoms with Crippen LogP contribution in [0.4, 0.5) is 5.69 Å². The fraction of sp³-hybridized carbons (Fsp3) is 0.176. The summed E-state index contributed by atoms with van der Waals surface area (Å²) in [6.07, 6.45) is 0. The monoisotopic (exact) mass is 365 g/mol. The maximum absolute atomic E-state index is 12.0. The summed E-state index contributed by atoms with van der Waals surface area (Å²) in [7, 11) is 2.84. The highest BCUT2D eigenvalue weighted by atomic mass is 35.5. The molecule has 0 aromatic heterocycles. The number of methoxy groups -OCH3 is 2. The van der Waals surface area contributed by atoms with Crippen molar-refractivity contribution in [3.05, 3.63) is 47.0 Å². The molecule has 132 valence electrons. The van der Waals surface area contributed by atoms with Gasteiger partial charge < -0.3 is 24.6 Å². The van der Waals surface area contributed by atoms with Crippen molar-refractivity contribution in [2.24, 2.45) is 0 Å². The van der Waals surface area contributed by atoms with Gasteiger partial charge in [-0.2, -0.15) is 0 Å². The molecule has 0 fully saturated rings. The molecule has 1 amide bonds. The topological polar surface area (TPSA) is 94.1 Å². The van der Waals surface area contributed by atoms with Gasteiger partial charge in [0.1, 0.15) is 11.3 Å². The third-order valence-corrected chi connectivity index (χ3v) is 3.50. The Bertz CT molecular complexity index is 793. The smallest absolute Gasteiger partial charge is 0.342 e. The third-order valence-electron chi connectivity index (χ3n) is 3.21. The maximum atomic E-state index is 12.0. The van der Waals surface area contributed by atoms with E-state index in [1.54, 1.807) is 12.1 Å². The number of halogens is 1. The van der Waals surface area contributed by atoms with E-state index in [-0.39, 0.29) is 17.1 Å². The molecule has 0 heterocycles. The van der Waals surface area contributed by atoms with Gasteiger partial charge in [-0.3, -0.25) is 4.79 Å². The van der Waals surface area contributed by atoms with Gasteiger partial charge in [0.25, 0.3) is 5.91 Å². The van der Waals surface area contributed by atoms with E-state index in [4.69, 9.17) is 25.8 Å². The van der Waals surface area contributed by atoms with Gasteiger partial charge in [0.15, 0.2) is 18.1 Å². The second kappa shape index (κ2) is 8.25. The third kappa shape index (κ3) is 4.54. The predicted molar refractivity (Wildman–Crippen MR) is 91.6 cm³/mol. The van der Waals surface area contributed by atoms with Gasteiger partial charge >= 0.3 is 5.97 Å². The van der Waals surface area contributed by atoms with Crippen LogP contribution in [0.25, 0.3) is 0 Å². The molecule has 2 aromatic rings. The molecule has 0 saturated heterocycles. The van der Waals surface area contributed by atoms with Crippen molar-refractivity contribution in [3.63, 3.8) is 0 Å². The van der Waals surface area contributed by atoms with Crippen molar-refractivity contribution >= 4 is 29.2 Å². The highest BCUT2D eigenvalue weighted by Crippen LogP contribution is 2.30. The first kappa shape index (κ1) is 18.4. The summed E-state index contributed by atoms with van der Waals surface area (Å²) >= 11 is 5.97. The second-order valence-corrected chi connectivity index (χ2v) is 5.24. The molecule has 0 aliphatic rings. The van der Waals surface area contributed by atoms with E-state index in [2.05, 4.69) is 5.32 Å². The molecule has 0 radical (unpaired) electrons. The van der Waals surface area contributed by atoms with Gasteiger partial charge in [-0.1, -0.05) is 17.7 Å². The predicted octanol–water partition coefficient (Wildman–Crippen LogP) is 2.86. The summed E-state index contributed by atoms with van der Waals surface area (Å²) in [5.41, 5.74) is 0.329. The Balaban J connectivity index is 1.96. The minimum absolute atomic E-state index is 0.0976. The van der Waals surface area contributed by atoms with Crippen molar-refractivity contribution in [3.8, 4) is 17.2 Å². The van der Waals surface area contributed by atoms with Gasteiger partial charge in [-0.15, -0.1) is 0 Å². The number of nitrogens with one attached hydrogen (secondary N) is 1. The lowest BCUT2D eigenvalue weighted by molar-refractivity contribution is -0.119. The van der Waals surface area contributed by atoms with Crippen molar-refractivity contribution in [1.29, 1.82) is 0 Å². The van der Waals surface area contributed by atoms with Crippen LogP contribution in [-0.2, 0) is 9.53 Å². The molecule has 2 rings (SSSR count).